The largest absolute Gasteiger partial charge is 0.355 e. The minimum absolute atomic E-state index is 0.0252. The SMILES string of the molecule is CCNC(=O)CN(CC)C(=S)Nc1cccc(Br)c1. The number of hydrogen-bond donors (Lipinski definition) is 2. The third-order valence-corrected chi connectivity index (χ3v) is 3.31. The fourth-order valence-electron chi connectivity index (χ4n) is 1.52. The molecule has 0 fully saturated rings. The lowest BCUT2D eigenvalue weighted by molar-refractivity contribution is -0.121. The van der Waals surface area contributed by atoms with Crippen LogP contribution in [0.25, 0.3) is 0 Å². The van der Waals surface area contributed by atoms with Gasteiger partial charge in [0.15, 0.2) is 5.11 Å². The van der Waals surface area contributed by atoms with Gasteiger partial charge in [0.2, 0.25) is 5.91 Å². The molecule has 2 N–H and O–H groups in total. The third-order valence-electron chi connectivity index (χ3n) is 2.45. The van der Waals surface area contributed by atoms with Crippen LogP contribution in [0.2, 0.25) is 0 Å². The van der Waals surface area contributed by atoms with E-state index in [1.807, 2.05) is 43.0 Å². The quantitative estimate of drug-likeness (QED) is 0.806. The van der Waals surface area contributed by atoms with Gasteiger partial charge < -0.3 is 15.5 Å². The first-order chi connectivity index (χ1) is 9.06. The van der Waals surface area contributed by atoms with Crippen LogP contribution in [-0.4, -0.2) is 35.6 Å². The third kappa shape index (κ3) is 5.57. The van der Waals surface area contributed by atoms with Crippen molar-refractivity contribution in [1.82, 2.24) is 10.2 Å². The van der Waals surface area contributed by atoms with Crippen molar-refractivity contribution in [2.45, 2.75) is 13.8 Å². The first kappa shape index (κ1) is 15.9. The van der Waals surface area contributed by atoms with Crippen molar-refractivity contribution in [2.24, 2.45) is 0 Å². The molecule has 0 aliphatic heterocycles. The fourth-order valence-corrected chi connectivity index (χ4v) is 2.23. The van der Waals surface area contributed by atoms with E-state index >= 15 is 0 Å². The molecule has 0 heterocycles. The summed E-state index contributed by atoms with van der Waals surface area (Å²) in [7, 11) is 0. The van der Waals surface area contributed by atoms with Crippen molar-refractivity contribution in [2.75, 3.05) is 25.0 Å². The molecule has 0 aliphatic carbocycles. The second-order valence-corrected chi connectivity index (χ2v) is 5.21. The number of carbonyl (C=O) groups excluding carboxylic acids is 1. The Morgan fingerprint density at radius 2 is 2.16 bits per heavy atom. The predicted molar refractivity (Wildman–Crippen MR) is 86.3 cm³/mol. The predicted octanol–water partition coefficient (Wildman–Crippen LogP) is 2.60. The molecule has 1 aromatic rings. The molecule has 0 bridgehead atoms. The Bertz CT molecular complexity index is 453. The van der Waals surface area contributed by atoms with E-state index in [4.69, 9.17) is 12.2 Å². The number of hydrogen-bond acceptors (Lipinski definition) is 2. The van der Waals surface area contributed by atoms with Gasteiger partial charge in [0.05, 0.1) is 6.54 Å². The molecule has 104 valence electrons. The molecule has 1 aromatic carbocycles. The Kier molecular flexibility index (Phi) is 6.80. The van der Waals surface area contributed by atoms with E-state index in [1.54, 1.807) is 0 Å². The second-order valence-electron chi connectivity index (χ2n) is 3.91. The maximum atomic E-state index is 11.6. The summed E-state index contributed by atoms with van der Waals surface area (Å²) in [5, 5.41) is 6.44. The van der Waals surface area contributed by atoms with Crippen molar-refractivity contribution in [3.63, 3.8) is 0 Å². The average Bonchev–Trinajstić information content (AvgIpc) is 2.36. The maximum Gasteiger partial charge on any atom is 0.239 e. The number of benzene rings is 1. The van der Waals surface area contributed by atoms with Gasteiger partial charge in [-0.05, 0) is 44.3 Å². The monoisotopic (exact) mass is 343 g/mol. The highest BCUT2D eigenvalue weighted by molar-refractivity contribution is 9.10. The van der Waals surface area contributed by atoms with Crippen LogP contribution in [0.1, 0.15) is 13.8 Å². The van der Waals surface area contributed by atoms with E-state index in [-0.39, 0.29) is 12.5 Å². The summed E-state index contributed by atoms with van der Waals surface area (Å²) in [6, 6.07) is 7.74. The normalized spacial score (nSPS) is 9.84. The highest BCUT2D eigenvalue weighted by atomic mass is 79.9. The lowest BCUT2D eigenvalue weighted by Gasteiger charge is -2.23. The summed E-state index contributed by atoms with van der Waals surface area (Å²) >= 11 is 8.73. The number of nitrogens with one attached hydrogen (secondary N) is 2. The number of rotatable bonds is 5. The van der Waals surface area contributed by atoms with Crippen LogP contribution in [0.5, 0.6) is 0 Å². The fraction of sp³-hybridized carbons (Fsp3) is 0.385. The zero-order valence-corrected chi connectivity index (χ0v) is 13.5. The molecule has 4 nitrogen and oxygen atoms in total. The molecule has 0 saturated carbocycles. The summed E-state index contributed by atoms with van der Waals surface area (Å²) in [5.74, 6) is -0.0252. The second kappa shape index (κ2) is 8.12. The highest BCUT2D eigenvalue weighted by Crippen LogP contribution is 2.16. The minimum Gasteiger partial charge on any atom is -0.355 e. The molecule has 19 heavy (non-hydrogen) atoms. The Balaban J connectivity index is 2.61. The number of carbonyl (C=O) groups is 1. The lowest BCUT2D eigenvalue weighted by Crippen LogP contribution is -2.42. The van der Waals surface area contributed by atoms with Gasteiger partial charge in [-0.3, -0.25) is 4.79 Å². The summed E-state index contributed by atoms with van der Waals surface area (Å²) in [5.41, 5.74) is 0.897. The highest BCUT2D eigenvalue weighted by Gasteiger charge is 2.11. The summed E-state index contributed by atoms with van der Waals surface area (Å²) in [6.07, 6.45) is 0. The van der Waals surface area contributed by atoms with Crippen LogP contribution in [0.3, 0.4) is 0 Å². The zero-order valence-electron chi connectivity index (χ0n) is 11.1. The molecule has 0 aromatic heterocycles. The Labute approximate surface area is 127 Å². The topological polar surface area (TPSA) is 44.4 Å². The number of amides is 1. The van der Waals surface area contributed by atoms with Gasteiger partial charge in [0.25, 0.3) is 0 Å². The van der Waals surface area contributed by atoms with Gasteiger partial charge in [-0.1, -0.05) is 22.0 Å². The van der Waals surface area contributed by atoms with Crippen molar-refractivity contribution in [1.29, 1.82) is 0 Å². The number of nitrogens with zero attached hydrogens (tertiary/aromatic N) is 1. The van der Waals surface area contributed by atoms with Gasteiger partial charge in [-0.15, -0.1) is 0 Å². The van der Waals surface area contributed by atoms with E-state index in [0.29, 0.717) is 18.2 Å². The van der Waals surface area contributed by atoms with E-state index < -0.39 is 0 Å². The number of anilines is 1. The molecule has 0 aliphatic rings. The smallest absolute Gasteiger partial charge is 0.239 e. The standard InChI is InChI=1S/C13H18BrN3OS/c1-3-15-12(18)9-17(4-2)13(19)16-11-7-5-6-10(14)8-11/h5-8H,3-4,9H2,1-2H3,(H,15,18)(H,16,19). The van der Waals surface area contributed by atoms with Crippen LogP contribution >= 0.6 is 28.1 Å². The first-order valence-electron chi connectivity index (χ1n) is 6.15. The molecule has 0 saturated heterocycles. The molecule has 1 amide bonds. The van der Waals surface area contributed by atoms with Gasteiger partial charge in [-0.2, -0.15) is 0 Å². The first-order valence-corrected chi connectivity index (χ1v) is 7.35. The molecule has 0 spiro atoms. The molecule has 0 radical (unpaired) electrons. The number of thiocarbonyl (C=S) groups is 1. The van der Waals surface area contributed by atoms with Crippen molar-refractivity contribution < 1.29 is 4.79 Å². The molecule has 6 heteroatoms. The Morgan fingerprint density at radius 1 is 1.42 bits per heavy atom. The Morgan fingerprint density at radius 3 is 2.74 bits per heavy atom. The molecule has 0 unspecified atom stereocenters. The van der Waals surface area contributed by atoms with Crippen LogP contribution in [0, 0.1) is 0 Å². The summed E-state index contributed by atoms with van der Waals surface area (Å²) in [4.78, 5) is 13.4. The number of likely N-dealkylation sites (N-methyl/N-ethyl adjacent to an activating group) is 2. The molecule has 1 rings (SSSR count). The van der Waals surface area contributed by atoms with Crippen molar-refractivity contribution in [3.8, 4) is 0 Å². The van der Waals surface area contributed by atoms with Crippen LogP contribution in [0.15, 0.2) is 28.7 Å². The van der Waals surface area contributed by atoms with E-state index in [1.165, 1.54) is 0 Å². The molecular weight excluding hydrogens is 326 g/mol. The average molecular weight is 344 g/mol. The summed E-state index contributed by atoms with van der Waals surface area (Å²) in [6.45, 7) is 5.43. The number of halogens is 1. The molecule has 0 atom stereocenters. The van der Waals surface area contributed by atoms with Crippen LogP contribution < -0.4 is 10.6 Å². The van der Waals surface area contributed by atoms with Gasteiger partial charge in [0, 0.05) is 23.2 Å². The minimum atomic E-state index is -0.0252. The van der Waals surface area contributed by atoms with E-state index in [9.17, 15) is 4.79 Å². The van der Waals surface area contributed by atoms with Gasteiger partial charge in [0.1, 0.15) is 0 Å². The summed E-state index contributed by atoms with van der Waals surface area (Å²) < 4.78 is 0.979. The zero-order chi connectivity index (χ0) is 14.3. The van der Waals surface area contributed by atoms with E-state index in [0.717, 1.165) is 10.2 Å². The lowest BCUT2D eigenvalue weighted by atomic mass is 10.3. The van der Waals surface area contributed by atoms with Crippen LogP contribution in [0.4, 0.5) is 5.69 Å². The molecular formula is C13H18BrN3OS. The van der Waals surface area contributed by atoms with Gasteiger partial charge >= 0.3 is 0 Å². The Hall–Kier alpha value is -1.14. The van der Waals surface area contributed by atoms with Crippen molar-refractivity contribution >= 4 is 44.9 Å². The maximum absolute atomic E-state index is 11.6. The van der Waals surface area contributed by atoms with Crippen LogP contribution in [-0.2, 0) is 4.79 Å². The van der Waals surface area contributed by atoms with Gasteiger partial charge in [-0.25, -0.2) is 0 Å². The van der Waals surface area contributed by atoms with E-state index in [2.05, 4.69) is 26.6 Å². The van der Waals surface area contributed by atoms with Crippen molar-refractivity contribution in [3.05, 3.63) is 28.7 Å².